The molecule has 2 N–H and O–H groups in total. The van der Waals surface area contributed by atoms with Crippen molar-refractivity contribution >= 4 is 0 Å². The summed E-state index contributed by atoms with van der Waals surface area (Å²) in [6.07, 6.45) is 0. The van der Waals surface area contributed by atoms with Crippen molar-refractivity contribution in [3.05, 3.63) is 145 Å². The molecule has 4 nitrogen and oxygen atoms in total. The van der Waals surface area contributed by atoms with E-state index in [1.165, 1.54) is 62.8 Å². The standard InChI is InChI=1S/C20H17FO2.C18H13FO2/c1-22-17-12-7-13-18(23-2)19(17)16-11-6-10-15(20(16)21)14-8-4-3-5-9-14;19-18-13(12-6-2-1-3-7-12)8-4-9-14(18)17-15(20)10-5-11-16(17)21/h3-13H,1-2H3;1-11,20-21H/i3D,4D,5D,8D,9D;1D,2D,3D,6D,7D. The average Bonchev–Trinajstić information content (AvgIpc) is 3.16. The molecule has 0 aliphatic heterocycles. The quantitative estimate of drug-likeness (QED) is 0.200. The second-order valence-electron chi connectivity index (χ2n) is 9.04. The van der Waals surface area contributed by atoms with Crippen molar-refractivity contribution in [1.82, 2.24) is 0 Å². The van der Waals surface area contributed by atoms with Crippen LogP contribution in [-0.2, 0) is 0 Å². The molecule has 6 aromatic carbocycles. The van der Waals surface area contributed by atoms with Crippen LogP contribution in [-0.4, -0.2) is 24.4 Å². The molecule has 6 rings (SSSR count). The first-order valence-corrected chi connectivity index (χ1v) is 13.0. The third-order valence-electron chi connectivity index (χ3n) is 6.52. The van der Waals surface area contributed by atoms with Crippen LogP contribution in [0.3, 0.4) is 0 Å². The Balaban J connectivity index is 0.000000208. The predicted octanol–water partition coefficient (Wildman–Crippen LogP) is 9.75. The molecule has 0 unspecified atom stereocenters. The van der Waals surface area contributed by atoms with Gasteiger partial charge in [-0.25, -0.2) is 8.78 Å². The molecule has 0 amide bonds. The number of halogens is 2. The molecule has 0 saturated heterocycles. The van der Waals surface area contributed by atoms with Crippen molar-refractivity contribution in [2.45, 2.75) is 0 Å². The first kappa shape index (κ1) is 19.5. The molecule has 6 heteroatoms. The molecule has 0 atom stereocenters. The van der Waals surface area contributed by atoms with E-state index < -0.39 is 72.1 Å². The Morgan fingerprint density at radius 3 is 1.30 bits per heavy atom. The third kappa shape index (κ3) is 6.10. The van der Waals surface area contributed by atoms with E-state index in [-0.39, 0.29) is 50.4 Å². The lowest BCUT2D eigenvalue weighted by molar-refractivity contribution is 0.397. The Morgan fingerprint density at radius 1 is 0.500 bits per heavy atom. The molecule has 0 aliphatic rings. The fraction of sp³-hybridized carbons (Fsp3) is 0.0526. The van der Waals surface area contributed by atoms with E-state index in [4.69, 9.17) is 23.2 Å². The molecule has 0 radical (unpaired) electrons. The van der Waals surface area contributed by atoms with E-state index in [1.54, 1.807) is 24.3 Å². The molecule has 0 heterocycles. The van der Waals surface area contributed by atoms with Crippen LogP contribution in [0.15, 0.2) is 133 Å². The highest BCUT2D eigenvalue weighted by Crippen LogP contribution is 2.42. The highest BCUT2D eigenvalue weighted by atomic mass is 19.1. The summed E-state index contributed by atoms with van der Waals surface area (Å²) in [6, 6.07) is 12.2. The lowest BCUT2D eigenvalue weighted by Gasteiger charge is -2.15. The molecule has 6 aromatic rings. The molecule has 0 aromatic heterocycles. The van der Waals surface area contributed by atoms with Crippen molar-refractivity contribution in [3.8, 4) is 67.5 Å². The summed E-state index contributed by atoms with van der Waals surface area (Å²) in [5.41, 5.74) is -0.573. The van der Waals surface area contributed by atoms with Crippen LogP contribution in [0.4, 0.5) is 8.78 Å². The van der Waals surface area contributed by atoms with Gasteiger partial charge in [0.25, 0.3) is 0 Å². The van der Waals surface area contributed by atoms with Gasteiger partial charge in [-0.2, -0.15) is 0 Å². The fourth-order valence-corrected chi connectivity index (χ4v) is 4.53. The highest BCUT2D eigenvalue weighted by molar-refractivity contribution is 5.82. The van der Waals surface area contributed by atoms with Gasteiger partial charge in [0.1, 0.15) is 34.6 Å². The number of phenols is 2. The second-order valence-corrected chi connectivity index (χ2v) is 9.04. The topological polar surface area (TPSA) is 58.9 Å². The highest BCUT2D eigenvalue weighted by Gasteiger charge is 2.19. The van der Waals surface area contributed by atoms with Crippen LogP contribution in [0.25, 0.3) is 44.5 Å². The first-order valence-electron chi connectivity index (χ1n) is 18.0. The SMILES string of the molecule is [2H]c1c([2H])c([2H])c(-c2cccc(-c3c(O)cccc3O)c2F)c([2H])c1[2H].[2H]c1c([2H])c([2H])c(-c2cccc(-c3c(OC)cccc3OC)c2F)c([2H])c1[2H]. The van der Waals surface area contributed by atoms with Gasteiger partial charge in [0.2, 0.25) is 0 Å². The van der Waals surface area contributed by atoms with E-state index in [1.807, 2.05) is 0 Å². The summed E-state index contributed by atoms with van der Waals surface area (Å²) in [6.45, 7) is 0. The number of methoxy groups -OCH3 is 2. The van der Waals surface area contributed by atoms with Crippen LogP contribution in [0.2, 0.25) is 0 Å². The van der Waals surface area contributed by atoms with Gasteiger partial charge >= 0.3 is 0 Å². The number of ether oxygens (including phenoxy) is 2. The molecule has 0 fully saturated rings. The van der Waals surface area contributed by atoms with Crippen LogP contribution < -0.4 is 9.47 Å². The molecule has 0 bridgehead atoms. The molecule has 44 heavy (non-hydrogen) atoms. The van der Waals surface area contributed by atoms with Crippen LogP contribution in [0.5, 0.6) is 23.0 Å². The van der Waals surface area contributed by atoms with Crippen molar-refractivity contribution in [2.24, 2.45) is 0 Å². The normalized spacial score (nSPS) is 13.6. The van der Waals surface area contributed by atoms with E-state index in [0.29, 0.717) is 17.1 Å². The van der Waals surface area contributed by atoms with E-state index >= 15 is 8.78 Å². The van der Waals surface area contributed by atoms with Crippen molar-refractivity contribution in [2.75, 3.05) is 14.2 Å². The largest absolute Gasteiger partial charge is 0.507 e. The van der Waals surface area contributed by atoms with Gasteiger partial charge in [0.05, 0.1) is 39.1 Å². The number of benzene rings is 6. The van der Waals surface area contributed by atoms with Crippen molar-refractivity contribution in [3.63, 3.8) is 0 Å². The summed E-state index contributed by atoms with van der Waals surface area (Å²) in [7, 11) is 2.91. The summed E-state index contributed by atoms with van der Waals surface area (Å²) in [4.78, 5) is 0. The number of rotatable bonds is 6. The Bertz CT molecular complexity index is 2340. The Kier molecular flexibility index (Phi) is 6.03. The predicted molar refractivity (Wildman–Crippen MR) is 171 cm³/mol. The monoisotopic (exact) mass is 598 g/mol. The van der Waals surface area contributed by atoms with Gasteiger partial charge in [-0.15, -0.1) is 0 Å². The van der Waals surface area contributed by atoms with Gasteiger partial charge < -0.3 is 19.7 Å². The molecule has 0 aliphatic carbocycles. The molecular formula is C38H30F2O4. The summed E-state index contributed by atoms with van der Waals surface area (Å²) in [5.74, 6) is -1.57. The lowest BCUT2D eigenvalue weighted by Crippen LogP contribution is -1.96. The third-order valence-corrected chi connectivity index (χ3v) is 6.52. The van der Waals surface area contributed by atoms with Gasteiger partial charge in [-0.05, 0) is 35.4 Å². The summed E-state index contributed by atoms with van der Waals surface area (Å²) in [5, 5.41) is 20.0. The van der Waals surface area contributed by atoms with Crippen LogP contribution in [0, 0.1) is 11.6 Å². The number of phenolic OH excluding ortho intramolecular Hbond substituents is 2. The minimum atomic E-state index is -0.914. The molecule has 220 valence electrons. The Labute approximate surface area is 269 Å². The van der Waals surface area contributed by atoms with Crippen molar-refractivity contribution < 1.29 is 42.2 Å². The smallest absolute Gasteiger partial charge is 0.139 e. The van der Waals surface area contributed by atoms with Crippen molar-refractivity contribution in [1.29, 1.82) is 0 Å². The fourth-order valence-electron chi connectivity index (χ4n) is 4.53. The molecular weight excluding hydrogens is 558 g/mol. The zero-order chi connectivity index (χ0) is 39.8. The Morgan fingerprint density at radius 2 is 0.864 bits per heavy atom. The Hall–Kier alpha value is -5.62. The maximum atomic E-state index is 15.6. The lowest BCUT2D eigenvalue weighted by atomic mass is 9.97. The van der Waals surface area contributed by atoms with Gasteiger partial charge in [-0.1, -0.05) is 109 Å². The van der Waals surface area contributed by atoms with Gasteiger partial charge in [0.15, 0.2) is 0 Å². The number of aromatic hydroxyl groups is 2. The van der Waals surface area contributed by atoms with Crippen LogP contribution in [0.1, 0.15) is 13.7 Å². The van der Waals surface area contributed by atoms with Gasteiger partial charge in [-0.3, -0.25) is 0 Å². The van der Waals surface area contributed by atoms with E-state index in [2.05, 4.69) is 0 Å². The number of hydrogen-bond donors (Lipinski definition) is 2. The van der Waals surface area contributed by atoms with E-state index in [9.17, 15) is 10.2 Å². The molecule has 0 saturated carbocycles. The number of hydrogen-bond acceptors (Lipinski definition) is 4. The summed E-state index contributed by atoms with van der Waals surface area (Å²) < 4.78 is 120. The maximum Gasteiger partial charge on any atom is 0.139 e. The zero-order valence-electron chi connectivity index (χ0n) is 33.4. The minimum absolute atomic E-state index is 0.0949. The maximum absolute atomic E-state index is 15.6. The van der Waals surface area contributed by atoms with Gasteiger partial charge in [0, 0.05) is 22.3 Å². The van der Waals surface area contributed by atoms with E-state index in [0.717, 1.165) is 0 Å². The van der Waals surface area contributed by atoms with Crippen LogP contribution >= 0.6 is 0 Å². The second kappa shape index (κ2) is 13.6. The first-order chi connectivity index (χ1) is 25.6. The zero-order valence-corrected chi connectivity index (χ0v) is 23.4. The minimum Gasteiger partial charge on any atom is -0.507 e. The average molecular weight is 599 g/mol. The molecule has 0 spiro atoms. The summed E-state index contributed by atoms with van der Waals surface area (Å²) >= 11 is 0.